The number of aromatic nitrogens is 1. The lowest BCUT2D eigenvalue weighted by molar-refractivity contribution is -0.126. The molecule has 1 saturated carbocycles. The van der Waals surface area contributed by atoms with E-state index in [0.717, 1.165) is 15.8 Å². The van der Waals surface area contributed by atoms with Crippen LogP contribution in [0.2, 0.25) is 0 Å². The number of nitrogens with one attached hydrogen (secondary N) is 1. The second-order valence-electron chi connectivity index (χ2n) is 6.30. The van der Waals surface area contributed by atoms with E-state index >= 15 is 0 Å². The molecule has 4 nitrogen and oxygen atoms in total. The minimum atomic E-state index is -0.438. The van der Waals surface area contributed by atoms with Gasteiger partial charge in [0, 0.05) is 22.0 Å². The third kappa shape index (κ3) is 4.88. The van der Waals surface area contributed by atoms with Gasteiger partial charge in [-0.15, -0.1) is 11.3 Å². The van der Waals surface area contributed by atoms with E-state index < -0.39 is 6.10 Å². The van der Waals surface area contributed by atoms with Crippen LogP contribution in [-0.4, -0.2) is 23.6 Å². The molecule has 1 aromatic heterocycles. The van der Waals surface area contributed by atoms with Gasteiger partial charge in [-0.05, 0) is 49.8 Å². The maximum absolute atomic E-state index is 12.1. The second kappa shape index (κ2) is 7.76. The van der Waals surface area contributed by atoms with E-state index in [4.69, 9.17) is 4.74 Å². The molecule has 6 heteroatoms. The number of nitrogens with zero attached hydrogens (tertiary/aromatic N) is 1. The predicted octanol–water partition coefficient (Wildman–Crippen LogP) is 4.56. The number of amides is 1. The lowest BCUT2D eigenvalue weighted by atomic mass is 10.1. The number of anilines is 1. The SMILES string of the molecule is Cc1cc(Cc2cnc(NC(=O)C(C)OCC3CC3)s2)ccc1Br. The maximum Gasteiger partial charge on any atom is 0.254 e. The summed E-state index contributed by atoms with van der Waals surface area (Å²) in [6.07, 6.45) is 4.65. The van der Waals surface area contributed by atoms with Crippen LogP contribution in [0.25, 0.3) is 0 Å². The Morgan fingerprint density at radius 3 is 3.00 bits per heavy atom. The van der Waals surface area contributed by atoms with Crippen LogP contribution < -0.4 is 5.32 Å². The van der Waals surface area contributed by atoms with Crippen LogP contribution in [0.5, 0.6) is 0 Å². The van der Waals surface area contributed by atoms with E-state index in [1.165, 1.54) is 35.3 Å². The molecular formula is C18H21BrN2O2S. The zero-order chi connectivity index (χ0) is 17.1. The van der Waals surface area contributed by atoms with Crippen molar-refractivity contribution in [3.8, 4) is 0 Å². The van der Waals surface area contributed by atoms with Crippen molar-refractivity contribution in [3.05, 3.63) is 44.9 Å². The van der Waals surface area contributed by atoms with E-state index in [1.54, 1.807) is 6.92 Å². The Morgan fingerprint density at radius 1 is 1.50 bits per heavy atom. The van der Waals surface area contributed by atoms with Crippen molar-refractivity contribution in [2.24, 2.45) is 5.92 Å². The number of rotatable bonds is 7. The molecule has 3 rings (SSSR count). The molecule has 1 aromatic carbocycles. The van der Waals surface area contributed by atoms with Crippen molar-refractivity contribution < 1.29 is 9.53 Å². The van der Waals surface area contributed by atoms with E-state index in [2.05, 4.69) is 51.4 Å². The topological polar surface area (TPSA) is 51.2 Å². The lowest BCUT2D eigenvalue weighted by Gasteiger charge is -2.11. The van der Waals surface area contributed by atoms with Gasteiger partial charge in [-0.3, -0.25) is 10.1 Å². The summed E-state index contributed by atoms with van der Waals surface area (Å²) in [4.78, 5) is 17.5. The lowest BCUT2D eigenvalue weighted by Crippen LogP contribution is -2.28. The Kier molecular flexibility index (Phi) is 5.69. The highest BCUT2D eigenvalue weighted by Crippen LogP contribution is 2.29. The first-order valence-electron chi connectivity index (χ1n) is 8.13. The van der Waals surface area contributed by atoms with E-state index in [9.17, 15) is 4.79 Å². The number of ether oxygens (including phenoxy) is 1. The molecule has 1 fully saturated rings. The number of carbonyl (C=O) groups is 1. The van der Waals surface area contributed by atoms with Gasteiger partial charge in [-0.1, -0.05) is 28.1 Å². The van der Waals surface area contributed by atoms with Crippen LogP contribution in [-0.2, 0) is 16.0 Å². The highest BCUT2D eigenvalue weighted by atomic mass is 79.9. The van der Waals surface area contributed by atoms with Crippen molar-refractivity contribution in [2.75, 3.05) is 11.9 Å². The summed E-state index contributed by atoms with van der Waals surface area (Å²) in [5.41, 5.74) is 2.45. The average Bonchev–Trinajstić information content (AvgIpc) is 3.29. The van der Waals surface area contributed by atoms with E-state index in [0.29, 0.717) is 17.7 Å². The van der Waals surface area contributed by atoms with E-state index in [-0.39, 0.29) is 5.91 Å². The quantitative estimate of drug-likeness (QED) is 0.730. The number of carbonyl (C=O) groups excluding carboxylic acids is 1. The fourth-order valence-corrected chi connectivity index (χ4v) is 3.41. The van der Waals surface area contributed by atoms with Crippen molar-refractivity contribution in [3.63, 3.8) is 0 Å². The van der Waals surface area contributed by atoms with Crippen molar-refractivity contribution in [1.82, 2.24) is 4.98 Å². The fourth-order valence-electron chi connectivity index (χ4n) is 2.31. The molecule has 1 atom stereocenters. The molecule has 0 aliphatic heterocycles. The summed E-state index contributed by atoms with van der Waals surface area (Å²) < 4.78 is 6.70. The molecule has 0 spiro atoms. The molecule has 1 N–H and O–H groups in total. The molecule has 128 valence electrons. The molecule has 0 bridgehead atoms. The largest absolute Gasteiger partial charge is 0.368 e. The smallest absolute Gasteiger partial charge is 0.254 e. The van der Waals surface area contributed by atoms with Gasteiger partial charge in [0.1, 0.15) is 6.10 Å². The molecule has 1 heterocycles. The van der Waals surface area contributed by atoms with Crippen molar-refractivity contribution >= 4 is 38.3 Å². The van der Waals surface area contributed by atoms with Gasteiger partial charge in [-0.25, -0.2) is 4.98 Å². The Balaban J connectivity index is 1.54. The zero-order valence-electron chi connectivity index (χ0n) is 13.8. The number of benzene rings is 1. The van der Waals surface area contributed by atoms with E-state index in [1.807, 2.05) is 6.20 Å². The molecule has 1 amide bonds. The molecular weight excluding hydrogens is 388 g/mol. The van der Waals surface area contributed by atoms with Crippen LogP contribution in [0.3, 0.4) is 0 Å². The predicted molar refractivity (Wildman–Crippen MR) is 101 cm³/mol. The van der Waals surface area contributed by atoms with Crippen LogP contribution in [0.15, 0.2) is 28.9 Å². The fraction of sp³-hybridized carbons (Fsp3) is 0.444. The number of thiazole rings is 1. The zero-order valence-corrected chi connectivity index (χ0v) is 16.2. The summed E-state index contributed by atoms with van der Waals surface area (Å²) in [6, 6.07) is 6.33. The number of halogens is 1. The molecule has 24 heavy (non-hydrogen) atoms. The molecule has 1 aliphatic rings. The molecule has 2 aromatic rings. The highest BCUT2D eigenvalue weighted by molar-refractivity contribution is 9.10. The van der Waals surface area contributed by atoms with Gasteiger partial charge < -0.3 is 4.74 Å². The number of hydrogen-bond donors (Lipinski definition) is 1. The van der Waals surface area contributed by atoms with Gasteiger partial charge in [-0.2, -0.15) is 0 Å². The van der Waals surface area contributed by atoms with Crippen LogP contribution in [0.1, 0.15) is 35.8 Å². The third-order valence-corrected chi connectivity index (χ3v) is 5.83. The van der Waals surface area contributed by atoms with Gasteiger partial charge in [0.25, 0.3) is 5.91 Å². The van der Waals surface area contributed by atoms with Crippen LogP contribution in [0, 0.1) is 12.8 Å². The summed E-state index contributed by atoms with van der Waals surface area (Å²) in [7, 11) is 0. The van der Waals surface area contributed by atoms with Gasteiger partial charge in [0.05, 0.1) is 6.61 Å². The molecule has 0 saturated heterocycles. The number of hydrogen-bond acceptors (Lipinski definition) is 4. The third-order valence-electron chi connectivity index (χ3n) is 4.03. The van der Waals surface area contributed by atoms with Crippen LogP contribution >= 0.6 is 27.3 Å². The average molecular weight is 409 g/mol. The minimum absolute atomic E-state index is 0.129. The first-order chi connectivity index (χ1) is 11.5. The minimum Gasteiger partial charge on any atom is -0.368 e. The monoisotopic (exact) mass is 408 g/mol. The summed E-state index contributed by atoms with van der Waals surface area (Å²) in [6.45, 7) is 4.55. The molecule has 0 radical (unpaired) electrons. The Hall–Kier alpha value is -1.24. The van der Waals surface area contributed by atoms with Gasteiger partial charge in [0.2, 0.25) is 0 Å². The number of aryl methyl sites for hydroxylation is 1. The van der Waals surface area contributed by atoms with Crippen LogP contribution in [0.4, 0.5) is 5.13 Å². The summed E-state index contributed by atoms with van der Waals surface area (Å²) in [5, 5.41) is 3.48. The first-order valence-corrected chi connectivity index (χ1v) is 9.74. The van der Waals surface area contributed by atoms with Crippen molar-refractivity contribution in [1.29, 1.82) is 0 Å². The van der Waals surface area contributed by atoms with Gasteiger partial charge >= 0.3 is 0 Å². The summed E-state index contributed by atoms with van der Waals surface area (Å²) >= 11 is 5.03. The Labute approximate surface area is 154 Å². The second-order valence-corrected chi connectivity index (χ2v) is 8.27. The Bertz CT molecular complexity index is 728. The standard InChI is InChI=1S/C18H21BrN2O2S/c1-11-7-14(5-6-16(11)19)8-15-9-20-18(24-15)21-17(22)12(2)23-10-13-3-4-13/h5-7,9,12-13H,3-4,8,10H2,1-2H3,(H,20,21,22). The summed E-state index contributed by atoms with van der Waals surface area (Å²) in [5.74, 6) is 0.525. The normalized spacial score (nSPS) is 15.3. The maximum atomic E-state index is 12.1. The Morgan fingerprint density at radius 2 is 2.29 bits per heavy atom. The van der Waals surface area contributed by atoms with Crippen molar-refractivity contribution in [2.45, 2.75) is 39.2 Å². The molecule has 1 aliphatic carbocycles. The highest BCUT2D eigenvalue weighted by Gasteiger charge is 2.24. The molecule has 1 unspecified atom stereocenters. The van der Waals surface area contributed by atoms with Gasteiger partial charge in [0.15, 0.2) is 5.13 Å². The first kappa shape index (κ1) is 17.6.